The van der Waals surface area contributed by atoms with E-state index in [2.05, 4.69) is 13.8 Å². The Morgan fingerprint density at radius 3 is 0.409 bits per heavy atom. The fourth-order valence-electron chi connectivity index (χ4n) is 13.8. The standard InChI is InChI=1S/2C42H78O3S.Ba/c2*1-2-3-4-5-6-7-8-9-10-11-12-13-14-15-16-17-18-19-20-21-22-23-24-25-26-27-28-29-30-31-32-33-34-35-36-41-37-39-42(40-38-41)46(43,44)45;/h2*37-40H,2-36H2,1H3,(H,43,44,45);/q;;+2/p-2. The van der Waals surface area contributed by atoms with Crippen molar-refractivity contribution in [3.63, 3.8) is 0 Å². The van der Waals surface area contributed by atoms with Crippen LogP contribution in [0.3, 0.4) is 0 Å². The van der Waals surface area contributed by atoms with Crippen LogP contribution >= 0.6 is 0 Å². The van der Waals surface area contributed by atoms with Crippen molar-refractivity contribution in [2.45, 2.75) is 473 Å². The van der Waals surface area contributed by atoms with Crippen LogP contribution in [-0.4, -0.2) is 74.8 Å². The predicted molar refractivity (Wildman–Crippen MR) is 407 cm³/mol. The SMILES string of the molecule is CCCCCCCCCCCCCCCCCCCCCCCCCCCCCCCCCCCCc1ccc(S(=O)(=O)[O-])cc1.CCCCCCCCCCCCCCCCCCCCCCCCCCCCCCCCCCCCc1ccc(S(=O)(=O)[O-])cc1.[Ba+2]. The largest absolute Gasteiger partial charge is 2.00 e. The first kappa shape index (κ1) is 92.8. The van der Waals surface area contributed by atoms with Gasteiger partial charge in [-0.25, -0.2) is 16.8 Å². The van der Waals surface area contributed by atoms with Gasteiger partial charge in [0.2, 0.25) is 0 Å². The molecule has 2 aromatic carbocycles. The predicted octanol–water partition coefficient (Wildman–Crippen LogP) is 28.5. The van der Waals surface area contributed by atoms with Crippen LogP contribution in [0, 0.1) is 0 Å². The van der Waals surface area contributed by atoms with E-state index < -0.39 is 20.2 Å². The number of benzene rings is 2. The first-order chi connectivity index (χ1) is 45.1. The van der Waals surface area contributed by atoms with Gasteiger partial charge in [0.15, 0.2) is 0 Å². The van der Waals surface area contributed by atoms with Crippen LogP contribution in [0.4, 0.5) is 0 Å². The van der Waals surface area contributed by atoms with Crippen molar-refractivity contribution in [3.05, 3.63) is 59.7 Å². The summed E-state index contributed by atoms with van der Waals surface area (Å²) >= 11 is 0. The molecule has 2 rings (SSSR count). The minimum absolute atomic E-state index is 0. The van der Waals surface area contributed by atoms with Crippen LogP contribution < -0.4 is 0 Å². The summed E-state index contributed by atoms with van der Waals surface area (Å²) in [5.74, 6) is 0. The number of unbranched alkanes of at least 4 members (excludes halogenated alkanes) is 66. The molecule has 6 nitrogen and oxygen atoms in total. The Labute approximate surface area is 622 Å². The van der Waals surface area contributed by atoms with Gasteiger partial charge in [0, 0.05) is 0 Å². The summed E-state index contributed by atoms with van der Waals surface area (Å²) < 4.78 is 66.0. The second-order valence-electron chi connectivity index (χ2n) is 29.0. The molecule has 0 unspecified atom stereocenters. The van der Waals surface area contributed by atoms with E-state index in [1.165, 1.54) is 448 Å². The zero-order valence-corrected chi connectivity index (χ0v) is 68.2. The maximum atomic E-state index is 11.0. The molecule has 0 bridgehead atoms. The molecule has 0 aliphatic rings. The van der Waals surface area contributed by atoms with Crippen LogP contribution in [0.15, 0.2) is 58.3 Å². The van der Waals surface area contributed by atoms with Gasteiger partial charge in [0.25, 0.3) is 0 Å². The van der Waals surface area contributed by atoms with Crippen molar-refractivity contribution in [3.8, 4) is 0 Å². The molecule has 0 saturated heterocycles. The first-order valence-electron chi connectivity index (χ1n) is 41.2. The van der Waals surface area contributed by atoms with Gasteiger partial charge in [-0.2, -0.15) is 0 Å². The molecule has 0 amide bonds. The summed E-state index contributed by atoms with van der Waals surface area (Å²) in [5, 5.41) is 0. The molecule has 0 atom stereocenters. The average Bonchev–Trinajstić information content (AvgIpc) is 3.67. The van der Waals surface area contributed by atoms with Crippen LogP contribution in [-0.2, 0) is 33.1 Å². The van der Waals surface area contributed by atoms with Gasteiger partial charge in [-0.05, 0) is 61.1 Å². The van der Waals surface area contributed by atoms with Gasteiger partial charge in [0.1, 0.15) is 20.2 Å². The molecule has 0 aromatic heterocycles. The van der Waals surface area contributed by atoms with Crippen LogP contribution in [0.5, 0.6) is 0 Å². The van der Waals surface area contributed by atoms with Crippen molar-refractivity contribution in [1.29, 1.82) is 0 Å². The zero-order chi connectivity index (χ0) is 66.5. The molecule has 9 heteroatoms. The van der Waals surface area contributed by atoms with Crippen molar-refractivity contribution in [2.75, 3.05) is 0 Å². The summed E-state index contributed by atoms with van der Waals surface area (Å²) in [6.07, 6.45) is 98.8. The third-order valence-corrected chi connectivity index (χ3v) is 21.8. The van der Waals surface area contributed by atoms with E-state index in [9.17, 15) is 25.9 Å². The van der Waals surface area contributed by atoms with E-state index >= 15 is 0 Å². The van der Waals surface area contributed by atoms with Crippen molar-refractivity contribution in [2.24, 2.45) is 0 Å². The Morgan fingerprint density at radius 2 is 0.301 bits per heavy atom. The molecular formula is C84H154BaO6S2. The summed E-state index contributed by atoms with van der Waals surface area (Å²) in [7, 11) is -8.66. The molecular weight excluding hydrogens is 1310 g/mol. The molecule has 540 valence electrons. The maximum Gasteiger partial charge on any atom is 2.00 e. The average molecular weight is 1460 g/mol. The topological polar surface area (TPSA) is 114 Å². The monoisotopic (exact) mass is 1460 g/mol. The molecule has 0 saturated carbocycles. The molecule has 0 spiro atoms. The third kappa shape index (κ3) is 68.7. The summed E-state index contributed by atoms with van der Waals surface area (Å²) in [5.41, 5.74) is 2.23. The van der Waals surface area contributed by atoms with Crippen molar-refractivity contribution >= 4 is 69.1 Å². The molecule has 0 radical (unpaired) electrons. The summed E-state index contributed by atoms with van der Waals surface area (Å²) in [6.45, 7) is 4.60. The van der Waals surface area contributed by atoms with Gasteiger partial charge < -0.3 is 9.11 Å². The Balaban J connectivity index is 0.00000180. The van der Waals surface area contributed by atoms with Gasteiger partial charge in [0.05, 0.1) is 9.79 Å². The Hall–Kier alpha value is -0.169. The molecule has 93 heavy (non-hydrogen) atoms. The minimum atomic E-state index is -4.33. The van der Waals surface area contributed by atoms with E-state index in [-0.39, 0.29) is 58.7 Å². The molecule has 0 heterocycles. The number of hydrogen-bond acceptors (Lipinski definition) is 6. The van der Waals surface area contributed by atoms with Gasteiger partial charge >= 0.3 is 48.9 Å². The molecule has 0 fully saturated rings. The van der Waals surface area contributed by atoms with Crippen molar-refractivity contribution < 1.29 is 25.9 Å². The molecule has 0 N–H and O–H groups in total. The molecule has 2 aromatic rings. The maximum absolute atomic E-state index is 11.0. The summed E-state index contributed by atoms with van der Waals surface area (Å²) in [6, 6.07) is 12.8. The normalized spacial score (nSPS) is 11.7. The van der Waals surface area contributed by atoms with Crippen LogP contribution in [0.25, 0.3) is 0 Å². The van der Waals surface area contributed by atoms with Crippen molar-refractivity contribution in [1.82, 2.24) is 0 Å². The molecule has 0 aliphatic heterocycles. The number of rotatable bonds is 72. The number of hydrogen-bond donors (Lipinski definition) is 0. The van der Waals surface area contributed by atoms with E-state index in [1.807, 2.05) is 0 Å². The van der Waals surface area contributed by atoms with E-state index in [0.717, 1.165) is 36.8 Å². The van der Waals surface area contributed by atoms with Gasteiger partial charge in [-0.1, -0.05) is 462 Å². The van der Waals surface area contributed by atoms with E-state index in [0.29, 0.717) is 0 Å². The second-order valence-corrected chi connectivity index (χ2v) is 31.8. The fraction of sp³-hybridized carbons (Fsp3) is 0.857. The second kappa shape index (κ2) is 73.1. The van der Waals surface area contributed by atoms with Crippen LogP contribution in [0.2, 0.25) is 0 Å². The first-order valence-corrected chi connectivity index (χ1v) is 44.0. The smallest absolute Gasteiger partial charge is 0.744 e. The Kier molecular flexibility index (Phi) is 72.9. The zero-order valence-electron chi connectivity index (χ0n) is 62.1. The van der Waals surface area contributed by atoms with Gasteiger partial charge in [-0.3, -0.25) is 0 Å². The van der Waals surface area contributed by atoms with Crippen LogP contribution in [0.1, 0.15) is 462 Å². The van der Waals surface area contributed by atoms with E-state index in [1.54, 1.807) is 24.3 Å². The molecule has 0 aliphatic carbocycles. The van der Waals surface area contributed by atoms with E-state index in [4.69, 9.17) is 0 Å². The fourth-order valence-corrected chi connectivity index (χ4v) is 14.7. The quantitative estimate of drug-likeness (QED) is 0.0370. The Bertz CT molecular complexity index is 1850. The number of aryl methyl sites for hydroxylation is 2. The van der Waals surface area contributed by atoms with Gasteiger partial charge in [-0.15, -0.1) is 0 Å². The Morgan fingerprint density at radius 1 is 0.194 bits per heavy atom. The summed E-state index contributed by atoms with van der Waals surface area (Å²) in [4.78, 5) is -0.264. The minimum Gasteiger partial charge on any atom is -0.744 e. The third-order valence-electron chi connectivity index (χ3n) is 20.1.